The van der Waals surface area contributed by atoms with Gasteiger partial charge in [-0.15, -0.1) is 10.2 Å². The minimum atomic E-state index is 0.189. The van der Waals surface area contributed by atoms with Gasteiger partial charge in [-0.2, -0.15) is 10.3 Å². The maximum absolute atomic E-state index is 6.71. The first-order chi connectivity index (χ1) is 18.6. The minimum Gasteiger partial charge on any atom is -0.492 e. The van der Waals surface area contributed by atoms with Crippen LogP contribution >= 0.6 is 11.6 Å². The maximum Gasteiger partial charge on any atom is 0.204 e. The van der Waals surface area contributed by atoms with Gasteiger partial charge >= 0.3 is 0 Å². The molecule has 1 fully saturated rings. The predicted molar refractivity (Wildman–Crippen MR) is 150 cm³/mol. The number of H-pyrrole nitrogens is 1. The van der Waals surface area contributed by atoms with Crippen LogP contribution in [-0.4, -0.2) is 37.0 Å². The van der Waals surface area contributed by atoms with E-state index in [9.17, 15) is 0 Å². The van der Waals surface area contributed by atoms with Crippen molar-refractivity contribution in [1.82, 2.24) is 30.4 Å². The number of benzene rings is 3. The summed E-state index contributed by atoms with van der Waals surface area (Å²) in [7, 11) is 0. The van der Waals surface area contributed by atoms with Crippen molar-refractivity contribution >= 4 is 22.5 Å². The van der Waals surface area contributed by atoms with Gasteiger partial charge in [0, 0.05) is 21.9 Å². The van der Waals surface area contributed by atoms with Crippen LogP contribution in [0.1, 0.15) is 54.8 Å². The molecule has 0 bridgehead atoms. The molecule has 3 aromatic carbocycles. The molecule has 0 saturated heterocycles. The van der Waals surface area contributed by atoms with Gasteiger partial charge in [0.1, 0.15) is 5.75 Å². The Labute approximate surface area is 227 Å². The molecule has 5 aromatic rings. The summed E-state index contributed by atoms with van der Waals surface area (Å²) in [4.78, 5) is 0. The Kier molecular flexibility index (Phi) is 6.85. The van der Waals surface area contributed by atoms with Gasteiger partial charge in [0.2, 0.25) is 5.82 Å². The van der Waals surface area contributed by atoms with E-state index in [-0.39, 0.29) is 5.92 Å². The molecule has 0 aliphatic heterocycles. The van der Waals surface area contributed by atoms with Crippen molar-refractivity contribution in [2.24, 2.45) is 5.92 Å². The van der Waals surface area contributed by atoms with E-state index in [0.717, 1.165) is 38.7 Å². The van der Waals surface area contributed by atoms with Crippen LogP contribution in [0.15, 0.2) is 60.7 Å². The quantitative estimate of drug-likeness (QED) is 0.242. The van der Waals surface area contributed by atoms with Crippen LogP contribution in [0.4, 0.5) is 0 Å². The molecule has 1 N–H and O–H groups in total. The lowest BCUT2D eigenvalue weighted by Crippen LogP contribution is -2.25. The van der Waals surface area contributed by atoms with Gasteiger partial charge in [0.15, 0.2) is 0 Å². The molecule has 2 heterocycles. The Morgan fingerprint density at radius 2 is 1.74 bits per heavy atom. The molecule has 6 rings (SSSR count). The molecule has 1 atom stereocenters. The highest BCUT2D eigenvalue weighted by Gasteiger charge is 2.31. The van der Waals surface area contributed by atoms with Crippen LogP contribution in [0.5, 0.6) is 5.75 Å². The van der Waals surface area contributed by atoms with Crippen molar-refractivity contribution < 1.29 is 4.74 Å². The lowest BCUT2D eigenvalue weighted by Gasteiger charge is -2.31. The van der Waals surface area contributed by atoms with Gasteiger partial charge in [-0.05, 0) is 91.4 Å². The first kappa shape index (κ1) is 24.6. The summed E-state index contributed by atoms with van der Waals surface area (Å²) in [5.74, 6) is 2.21. The van der Waals surface area contributed by atoms with E-state index >= 15 is 0 Å². The normalized spacial score (nSPS) is 15.1. The lowest BCUT2D eigenvalue weighted by atomic mass is 9.78. The van der Waals surface area contributed by atoms with Crippen LogP contribution in [0.3, 0.4) is 0 Å². The summed E-state index contributed by atoms with van der Waals surface area (Å²) in [6.45, 7) is 4.74. The van der Waals surface area contributed by atoms with Crippen molar-refractivity contribution in [3.8, 4) is 22.8 Å². The smallest absolute Gasteiger partial charge is 0.204 e. The summed E-state index contributed by atoms with van der Waals surface area (Å²) < 4.78 is 8.83. The second kappa shape index (κ2) is 10.6. The van der Waals surface area contributed by atoms with E-state index in [2.05, 4.69) is 75.6 Å². The molecule has 7 nitrogen and oxygen atoms in total. The Morgan fingerprint density at radius 3 is 2.45 bits per heavy atom. The monoisotopic (exact) mass is 526 g/mol. The molecule has 1 aliphatic rings. The van der Waals surface area contributed by atoms with Crippen molar-refractivity contribution in [2.75, 3.05) is 6.61 Å². The standard InChI is InChI=1S/C30H31ClN6O/c1-19-16-22(30-32-35-36-33-30)17-20(2)29(19)38-18-26(21-8-4-3-5-9-21)28-25-10-6-7-11-27(25)34-37(28)24-14-12-23(31)13-15-24/h6-7,10-17,21,26H,3-5,8-9,18H2,1-2H3,(H,32,33,35,36). The average Bonchev–Trinajstić information content (AvgIpc) is 3.60. The second-order valence-electron chi connectivity index (χ2n) is 10.3. The van der Waals surface area contributed by atoms with Crippen molar-refractivity contribution in [3.63, 3.8) is 0 Å². The molecule has 0 radical (unpaired) electrons. The van der Waals surface area contributed by atoms with Gasteiger partial charge in [-0.3, -0.25) is 0 Å². The maximum atomic E-state index is 6.71. The minimum absolute atomic E-state index is 0.189. The Hall–Kier alpha value is -3.71. The Morgan fingerprint density at radius 1 is 1.00 bits per heavy atom. The fourth-order valence-electron chi connectivity index (χ4n) is 5.93. The van der Waals surface area contributed by atoms with E-state index in [4.69, 9.17) is 21.4 Å². The zero-order valence-corrected chi connectivity index (χ0v) is 22.4. The van der Waals surface area contributed by atoms with Crippen molar-refractivity contribution in [2.45, 2.75) is 51.9 Å². The van der Waals surface area contributed by atoms with Crippen molar-refractivity contribution in [3.05, 3.63) is 82.5 Å². The number of tetrazole rings is 1. The van der Waals surface area contributed by atoms with Gasteiger partial charge < -0.3 is 4.74 Å². The van der Waals surface area contributed by atoms with E-state index in [0.29, 0.717) is 18.3 Å². The SMILES string of the molecule is Cc1cc(-c2nn[nH]n2)cc(C)c1OCC(c1c2ccccc2nn1-c1ccc(Cl)cc1)C1CCCCC1. The third-order valence-electron chi connectivity index (χ3n) is 7.73. The highest BCUT2D eigenvalue weighted by molar-refractivity contribution is 6.30. The topological polar surface area (TPSA) is 81.5 Å². The fraction of sp³-hybridized carbons (Fsp3) is 0.333. The molecule has 8 heteroatoms. The molecule has 1 unspecified atom stereocenters. The van der Waals surface area contributed by atoms with E-state index in [1.807, 2.05) is 24.3 Å². The van der Waals surface area contributed by atoms with Crippen LogP contribution in [0.25, 0.3) is 28.0 Å². The molecule has 194 valence electrons. The molecular formula is C30H31ClN6O. The number of aryl methyl sites for hydroxylation is 2. The number of rotatable bonds is 7. The fourth-order valence-corrected chi connectivity index (χ4v) is 6.05. The van der Waals surface area contributed by atoms with Crippen LogP contribution in [-0.2, 0) is 0 Å². The predicted octanol–water partition coefficient (Wildman–Crippen LogP) is 7.22. The van der Waals surface area contributed by atoms with E-state index in [1.165, 1.54) is 43.2 Å². The number of hydrogen-bond donors (Lipinski definition) is 1. The number of nitrogens with zero attached hydrogens (tertiary/aromatic N) is 5. The Bertz CT molecular complexity index is 1510. The van der Waals surface area contributed by atoms with E-state index in [1.54, 1.807) is 0 Å². The number of halogens is 1. The molecule has 0 amide bonds. The number of ether oxygens (including phenoxy) is 1. The number of aromatic amines is 1. The molecular weight excluding hydrogens is 496 g/mol. The molecule has 0 spiro atoms. The lowest BCUT2D eigenvalue weighted by molar-refractivity contribution is 0.206. The molecule has 1 aliphatic carbocycles. The third-order valence-corrected chi connectivity index (χ3v) is 7.98. The molecule has 1 saturated carbocycles. The highest BCUT2D eigenvalue weighted by atomic mass is 35.5. The van der Waals surface area contributed by atoms with Crippen LogP contribution < -0.4 is 4.74 Å². The van der Waals surface area contributed by atoms with Gasteiger partial charge in [-0.25, -0.2) is 4.68 Å². The first-order valence-electron chi connectivity index (χ1n) is 13.3. The highest BCUT2D eigenvalue weighted by Crippen LogP contribution is 2.41. The number of aromatic nitrogens is 6. The van der Waals surface area contributed by atoms with Crippen LogP contribution in [0.2, 0.25) is 5.02 Å². The zero-order chi connectivity index (χ0) is 26.1. The average molecular weight is 527 g/mol. The summed E-state index contributed by atoms with van der Waals surface area (Å²) >= 11 is 6.23. The summed E-state index contributed by atoms with van der Waals surface area (Å²) in [6.07, 6.45) is 6.21. The number of hydrogen-bond acceptors (Lipinski definition) is 5. The summed E-state index contributed by atoms with van der Waals surface area (Å²) in [5, 5.41) is 21.5. The zero-order valence-electron chi connectivity index (χ0n) is 21.7. The van der Waals surface area contributed by atoms with Gasteiger partial charge in [0.25, 0.3) is 0 Å². The summed E-state index contributed by atoms with van der Waals surface area (Å²) in [5.41, 5.74) is 6.27. The first-order valence-corrected chi connectivity index (χ1v) is 13.7. The number of fused-ring (bicyclic) bond motifs is 1. The summed E-state index contributed by atoms with van der Waals surface area (Å²) in [6, 6.07) is 20.5. The molecule has 2 aromatic heterocycles. The Balaban J connectivity index is 1.40. The van der Waals surface area contributed by atoms with E-state index < -0.39 is 0 Å². The van der Waals surface area contributed by atoms with Crippen LogP contribution in [0, 0.1) is 19.8 Å². The third kappa shape index (κ3) is 4.78. The van der Waals surface area contributed by atoms with Crippen molar-refractivity contribution in [1.29, 1.82) is 0 Å². The largest absolute Gasteiger partial charge is 0.492 e. The number of nitrogens with one attached hydrogen (secondary N) is 1. The van der Waals surface area contributed by atoms with Gasteiger partial charge in [-0.1, -0.05) is 49.1 Å². The second-order valence-corrected chi connectivity index (χ2v) is 10.7. The van der Waals surface area contributed by atoms with Gasteiger partial charge in [0.05, 0.1) is 23.5 Å². The molecule has 38 heavy (non-hydrogen) atoms.